The minimum absolute atomic E-state index is 0.137. The zero-order chi connectivity index (χ0) is 12.4. The highest BCUT2D eigenvalue weighted by atomic mass is 35.5. The van der Waals surface area contributed by atoms with Crippen LogP contribution in [0.15, 0.2) is 0 Å². The van der Waals surface area contributed by atoms with E-state index in [1.54, 1.807) is 0 Å². The third-order valence-corrected chi connectivity index (χ3v) is 7.28. The molecule has 0 radical (unpaired) electrons. The molecule has 1 spiro atoms. The van der Waals surface area contributed by atoms with Crippen LogP contribution in [0, 0.1) is 11.8 Å². The second kappa shape index (κ2) is 4.00. The molecule has 7 fully saturated rings. The fraction of sp³-hybridized carbons (Fsp3) is 1.00. The van der Waals surface area contributed by atoms with Gasteiger partial charge in [0.2, 0.25) is 0 Å². The van der Waals surface area contributed by atoms with Crippen LogP contribution in [-0.2, 0) is 0 Å². The van der Waals surface area contributed by atoms with Crippen molar-refractivity contribution in [2.75, 3.05) is 32.7 Å². The van der Waals surface area contributed by atoms with Crippen molar-refractivity contribution in [3.63, 3.8) is 0 Å². The fourth-order valence-electron chi connectivity index (χ4n) is 4.71. The van der Waals surface area contributed by atoms with Gasteiger partial charge in [0.1, 0.15) is 4.33 Å². The molecule has 4 bridgehead atoms. The Kier molecular flexibility index (Phi) is 2.73. The Bertz CT molecular complexity index is 346. The Balaban J connectivity index is 1.72. The Morgan fingerprint density at radius 3 is 2.22 bits per heavy atom. The summed E-state index contributed by atoms with van der Waals surface area (Å²) in [6.07, 6.45) is 6.25. The van der Waals surface area contributed by atoms with E-state index in [0.29, 0.717) is 5.92 Å². The monoisotopic (exact) mass is 288 g/mol. The van der Waals surface area contributed by atoms with Gasteiger partial charge in [0.05, 0.1) is 5.54 Å². The molecular formula is C14H22Cl2N2. The van der Waals surface area contributed by atoms with Crippen molar-refractivity contribution >= 4 is 23.2 Å². The summed E-state index contributed by atoms with van der Waals surface area (Å²) in [5, 5.41) is 0. The predicted octanol–water partition coefficient (Wildman–Crippen LogP) is 2.74. The molecule has 0 amide bonds. The van der Waals surface area contributed by atoms with Crippen molar-refractivity contribution < 1.29 is 0 Å². The van der Waals surface area contributed by atoms with E-state index in [2.05, 4.69) is 9.80 Å². The van der Waals surface area contributed by atoms with E-state index in [4.69, 9.17) is 23.2 Å². The largest absolute Gasteiger partial charge is 0.302 e. The van der Waals surface area contributed by atoms with Crippen LogP contribution in [0.3, 0.4) is 0 Å². The topological polar surface area (TPSA) is 6.48 Å². The highest BCUT2D eigenvalue weighted by Gasteiger charge is 2.67. The SMILES string of the molecule is ClC1(Cl)C2CCN(CCN3CCC2CC3)C12CC2. The number of rotatable bonds is 0. The number of nitrogens with zero attached hydrogens (tertiary/aromatic N) is 2. The third-order valence-electron chi connectivity index (χ3n) is 6.01. The van der Waals surface area contributed by atoms with Gasteiger partial charge in [-0.05, 0) is 63.6 Å². The molecule has 7 rings (SSSR count). The van der Waals surface area contributed by atoms with Crippen LogP contribution in [0.1, 0.15) is 32.1 Å². The summed E-state index contributed by atoms with van der Waals surface area (Å²) in [6.45, 7) is 6.11. The van der Waals surface area contributed by atoms with Crippen molar-refractivity contribution in [3.05, 3.63) is 0 Å². The summed E-state index contributed by atoms with van der Waals surface area (Å²) in [5.41, 5.74) is 0.137. The maximum Gasteiger partial charge on any atom is 0.139 e. The standard InChI is InChI=1S/C14H22Cl2N2/c15-14(16)12-3-8-18(13(14)4-5-13)10-9-17-6-1-11(12)2-7-17/h11-12H,1-10H2. The lowest BCUT2D eigenvalue weighted by molar-refractivity contribution is 0.00806. The van der Waals surface area contributed by atoms with Crippen LogP contribution >= 0.6 is 23.2 Å². The summed E-state index contributed by atoms with van der Waals surface area (Å²) in [7, 11) is 0. The van der Waals surface area contributed by atoms with Crippen LogP contribution in [0.25, 0.3) is 0 Å². The number of alkyl halides is 2. The Morgan fingerprint density at radius 2 is 1.56 bits per heavy atom. The molecule has 0 aromatic carbocycles. The third kappa shape index (κ3) is 1.55. The lowest BCUT2D eigenvalue weighted by Crippen LogP contribution is -2.62. The molecule has 6 aliphatic heterocycles. The quantitative estimate of drug-likeness (QED) is 0.633. The van der Waals surface area contributed by atoms with Crippen LogP contribution in [0.2, 0.25) is 0 Å². The molecule has 2 unspecified atom stereocenters. The molecule has 0 N–H and O–H groups in total. The number of halogens is 2. The van der Waals surface area contributed by atoms with Crippen LogP contribution in [-0.4, -0.2) is 52.4 Å². The summed E-state index contributed by atoms with van der Waals surface area (Å²) in [4.78, 5) is 5.25. The molecule has 2 atom stereocenters. The molecule has 0 aromatic heterocycles. The maximum absolute atomic E-state index is 6.93. The van der Waals surface area contributed by atoms with Gasteiger partial charge < -0.3 is 4.90 Å². The first-order chi connectivity index (χ1) is 8.63. The van der Waals surface area contributed by atoms with E-state index in [0.717, 1.165) is 5.92 Å². The Labute approximate surface area is 120 Å². The summed E-state index contributed by atoms with van der Waals surface area (Å²) < 4.78 is -0.491. The second-order valence-corrected chi connectivity index (χ2v) is 8.10. The molecule has 6 heterocycles. The Morgan fingerprint density at radius 1 is 0.833 bits per heavy atom. The first-order valence-electron chi connectivity index (χ1n) is 7.49. The van der Waals surface area contributed by atoms with Crippen LogP contribution < -0.4 is 0 Å². The van der Waals surface area contributed by atoms with Gasteiger partial charge in [-0.25, -0.2) is 0 Å². The van der Waals surface area contributed by atoms with Gasteiger partial charge in [-0.2, -0.15) is 0 Å². The molecule has 4 heteroatoms. The Hall–Kier alpha value is 0.500. The average Bonchev–Trinajstić information content (AvgIpc) is 3.16. The summed E-state index contributed by atoms with van der Waals surface area (Å²) in [6, 6.07) is 0. The zero-order valence-electron chi connectivity index (χ0n) is 10.9. The molecule has 0 aromatic rings. The zero-order valence-corrected chi connectivity index (χ0v) is 12.4. The van der Waals surface area contributed by atoms with Crippen molar-refractivity contribution in [3.8, 4) is 0 Å². The first-order valence-corrected chi connectivity index (χ1v) is 8.24. The van der Waals surface area contributed by atoms with Gasteiger partial charge >= 0.3 is 0 Å². The van der Waals surface area contributed by atoms with Crippen LogP contribution in [0.5, 0.6) is 0 Å². The molecule has 6 saturated heterocycles. The van der Waals surface area contributed by atoms with Gasteiger partial charge in [0, 0.05) is 13.1 Å². The summed E-state index contributed by atoms with van der Waals surface area (Å²) >= 11 is 13.9. The van der Waals surface area contributed by atoms with Crippen molar-refractivity contribution in [2.45, 2.75) is 42.0 Å². The summed E-state index contributed by atoms with van der Waals surface area (Å²) in [5.74, 6) is 1.29. The van der Waals surface area contributed by atoms with Gasteiger partial charge in [-0.1, -0.05) is 23.2 Å². The van der Waals surface area contributed by atoms with E-state index >= 15 is 0 Å². The van der Waals surface area contributed by atoms with Gasteiger partial charge in [-0.15, -0.1) is 0 Å². The molecule has 18 heavy (non-hydrogen) atoms. The highest BCUT2D eigenvalue weighted by Crippen LogP contribution is 2.63. The van der Waals surface area contributed by atoms with Gasteiger partial charge in [-0.3, -0.25) is 4.90 Å². The van der Waals surface area contributed by atoms with Crippen molar-refractivity contribution in [2.24, 2.45) is 11.8 Å². The number of hydrogen-bond acceptors (Lipinski definition) is 2. The predicted molar refractivity (Wildman–Crippen MR) is 75.2 cm³/mol. The van der Waals surface area contributed by atoms with Crippen molar-refractivity contribution in [1.82, 2.24) is 9.80 Å². The molecule has 7 aliphatic rings. The first kappa shape index (κ1) is 12.3. The highest BCUT2D eigenvalue weighted by molar-refractivity contribution is 6.50. The van der Waals surface area contributed by atoms with E-state index in [1.807, 2.05) is 0 Å². The van der Waals surface area contributed by atoms with E-state index in [9.17, 15) is 0 Å². The van der Waals surface area contributed by atoms with E-state index in [1.165, 1.54) is 64.8 Å². The second-order valence-electron chi connectivity index (χ2n) is 6.72. The van der Waals surface area contributed by atoms with E-state index in [-0.39, 0.29) is 5.54 Å². The van der Waals surface area contributed by atoms with Gasteiger partial charge in [0.25, 0.3) is 0 Å². The number of hydrogen-bond donors (Lipinski definition) is 0. The van der Waals surface area contributed by atoms with Crippen LogP contribution in [0.4, 0.5) is 0 Å². The smallest absolute Gasteiger partial charge is 0.139 e. The molecule has 1 aliphatic carbocycles. The minimum atomic E-state index is -0.491. The minimum Gasteiger partial charge on any atom is -0.302 e. The lowest BCUT2D eigenvalue weighted by atomic mass is 9.74. The maximum atomic E-state index is 6.93. The van der Waals surface area contributed by atoms with Crippen molar-refractivity contribution in [1.29, 1.82) is 0 Å². The fourth-order valence-corrected chi connectivity index (χ4v) is 5.90. The molecule has 2 nitrogen and oxygen atoms in total. The lowest BCUT2D eigenvalue weighted by Gasteiger charge is -2.54. The molecule has 1 saturated carbocycles. The molecular weight excluding hydrogens is 267 g/mol. The average molecular weight is 289 g/mol. The molecule has 102 valence electrons. The van der Waals surface area contributed by atoms with E-state index < -0.39 is 4.33 Å². The van der Waals surface area contributed by atoms with Gasteiger partial charge in [0.15, 0.2) is 0 Å². The normalized spacial score (nSPS) is 48.3. The number of piperidine rings is 2.